The lowest BCUT2D eigenvalue weighted by atomic mass is 10.1. The van der Waals surface area contributed by atoms with Gasteiger partial charge < -0.3 is 19.3 Å². The third-order valence-corrected chi connectivity index (χ3v) is 4.41. The fourth-order valence-electron chi connectivity index (χ4n) is 1.24. The lowest BCUT2D eigenvalue weighted by Crippen LogP contribution is -2.58. The van der Waals surface area contributed by atoms with E-state index in [-0.39, 0.29) is 0 Å². The quantitative estimate of drug-likeness (QED) is 0.352. The first-order valence-electron chi connectivity index (χ1n) is 4.48. The molecule has 0 aliphatic rings. The second-order valence-electron chi connectivity index (χ2n) is 3.17. The van der Waals surface area contributed by atoms with E-state index in [4.69, 9.17) is 14.2 Å². The van der Waals surface area contributed by atoms with Crippen LogP contribution in [0.15, 0.2) is 0 Å². The molecule has 0 aliphatic carbocycles. The number of rotatable bonds is 7. The summed E-state index contributed by atoms with van der Waals surface area (Å²) in [6.45, 7) is 0. The zero-order valence-electron chi connectivity index (χ0n) is 9.24. The highest BCUT2D eigenvalue weighted by Crippen LogP contribution is 2.29. The molecule has 1 N–H and O–H groups in total. The topological polar surface area (TPSA) is 47.9 Å². The van der Waals surface area contributed by atoms with E-state index in [9.17, 15) is 5.11 Å². The van der Waals surface area contributed by atoms with Gasteiger partial charge in [0.25, 0.3) is 0 Å². The number of thiol groups is 1. The van der Waals surface area contributed by atoms with Crippen molar-refractivity contribution in [2.24, 2.45) is 0 Å². The normalized spacial score (nSPS) is 16.9. The maximum absolute atomic E-state index is 10.2. The number of ether oxygens (including phenoxy) is 3. The van der Waals surface area contributed by atoms with Gasteiger partial charge in [-0.25, -0.2) is 0 Å². The molecule has 1 unspecified atom stereocenters. The largest absolute Gasteiger partial charge is 0.362 e. The lowest BCUT2D eigenvalue weighted by Gasteiger charge is -2.41. The Labute approximate surface area is 93.8 Å². The summed E-state index contributed by atoms with van der Waals surface area (Å²) < 4.78 is 15.5. The van der Waals surface area contributed by atoms with Crippen molar-refractivity contribution in [2.45, 2.75) is 24.0 Å². The van der Waals surface area contributed by atoms with Crippen LogP contribution < -0.4 is 0 Å². The maximum Gasteiger partial charge on any atom is 0.215 e. The van der Waals surface area contributed by atoms with Gasteiger partial charge >= 0.3 is 0 Å². The molecule has 1 atom stereocenters. The van der Waals surface area contributed by atoms with Crippen molar-refractivity contribution in [3.63, 3.8) is 0 Å². The fourth-order valence-corrected chi connectivity index (χ4v) is 1.85. The Morgan fingerprint density at radius 3 is 2.00 bits per heavy atom. The first kappa shape index (κ1) is 14.4. The molecule has 86 valence electrons. The summed E-state index contributed by atoms with van der Waals surface area (Å²) in [7, 11) is 4.96. The minimum atomic E-state index is -1.38. The van der Waals surface area contributed by atoms with E-state index in [0.717, 1.165) is 6.42 Å². The maximum atomic E-state index is 10.2. The van der Waals surface area contributed by atoms with Crippen LogP contribution in [-0.4, -0.2) is 53.6 Å². The van der Waals surface area contributed by atoms with Crippen molar-refractivity contribution in [3.05, 3.63) is 0 Å². The summed E-state index contributed by atoms with van der Waals surface area (Å²) in [6, 6.07) is 0. The van der Waals surface area contributed by atoms with Crippen LogP contribution in [0.3, 0.4) is 0 Å². The lowest BCUT2D eigenvalue weighted by molar-refractivity contribution is -0.343. The van der Waals surface area contributed by atoms with Crippen molar-refractivity contribution in [1.82, 2.24) is 0 Å². The number of methoxy groups -OCH3 is 3. The second-order valence-corrected chi connectivity index (χ2v) is 4.93. The fraction of sp³-hybridized carbons (Fsp3) is 1.00. The van der Waals surface area contributed by atoms with E-state index in [2.05, 4.69) is 12.6 Å². The number of aliphatic hydroxyl groups is 1. The molecule has 0 aromatic heterocycles. The molecule has 0 spiro atoms. The highest BCUT2D eigenvalue weighted by atomic mass is 32.1. The Kier molecular flexibility index (Phi) is 6.27. The van der Waals surface area contributed by atoms with E-state index in [1.165, 1.54) is 21.3 Å². The zero-order valence-corrected chi connectivity index (χ0v) is 12.1. The molecule has 0 saturated heterocycles. The van der Waals surface area contributed by atoms with Gasteiger partial charge in [-0.15, -0.1) is 0 Å². The van der Waals surface area contributed by atoms with Gasteiger partial charge in [0.15, 0.2) is 5.41 Å². The molecule has 0 bridgehead atoms. The van der Waals surface area contributed by atoms with Crippen molar-refractivity contribution >= 4 is 22.9 Å². The number of hydrogen-bond acceptors (Lipinski definition) is 5. The third-order valence-electron chi connectivity index (χ3n) is 2.50. The highest BCUT2D eigenvalue weighted by molar-refractivity contribution is 7.80. The van der Waals surface area contributed by atoms with E-state index in [0.29, 0.717) is 22.4 Å². The predicted octanol–water partition coefficient (Wildman–Crippen LogP) is -0.657. The van der Waals surface area contributed by atoms with E-state index < -0.39 is 11.2 Å². The Balaban J connectivity index is 4.62. The summed E-state index contributed by atoms with van der Waals surface area (Å²) >= 11 is 4.09. The molecule has 0 fully saturated rings. The third kappa shape index (κ3) is 2.95. The van der Waals surface area contributed by atoms with Gasteiger partial charge in [-0.2, -0.15) is 12.6 Å². The van der Waals surface area contributed by atoms with Crippen LogP contribution >= 0.6 is 12.6 Å². The minimum absolute atomic E-state index is 0.443. The van der Waals surface area contributed by atoms with Crippen LogP contribution in [0, 0.1) is 0 Å². The molecule has 0 rings (SSSR count). The Hall–Kier alpha value is 0.407. The molecule has 0 amide bonds. The van der Waals surface area contributed by atoms with Crippen LogP contribution in [0.2, 0.25) is 0 Å². The highest BCUT2D eigenvalue weighted by Gasteiger charge is 2.47. The van der Waals surface area contributed by atoms with Crippen molar-refractivity contribution in [1.29, 1.82) is 0 Å². The summed E-state index contributed by atoms with van der Waals surface area (Å²) in [5.41, 5.74) is -1.02. The molecule has 0 radical (unpaired) electrons. The summed E-state index contributed by atoms with van der Waals surface area (Å²) in [5, 5.41) is 10.2. The van der Waals surface area contributed by atoms with Gasteiger partial charge in [-0.1, -0.05) is 0 Å². The van der Waals surface area contributed by atoms with Crippen LogP contribution in [0.25, 0.3) is 0 Å². The van der Waals surface area contributed by atoms with Gasteiger partial charge in [0.2, 0.25) is 5.79 Å². The minimum Gasteiger partial charge on any atom is -0.362 e. The molecule has 0 aliphatic heterocycles. The van der Waals surface area contributed by atoms with Crippen LogP contribution in [0.4, 0.5) is 0 Å². The summed E-state index contributed by atoms with van der Waals surface area (Å²) in [5.74, 6) is -0.692. The van der Waals surface area contributed by atoms with Crippen LogP contribution in [0.1, 0.15) is 12.8 Å². The summed E-state index contributed by atoms with van der Waals surface area (Å²) in [4.78, 5) is 0. The molecule has 0 heterocycles. The van der Waals surface area contributed by atoms with E-state index in [1.807, 2.05) is 0 Å². The van der Waals surface area contributed by atoms with Crippen molar-refractivity contribution < 1.29 is 19.3 Å². The average molecular weight is 240 g/mol. The standard InChI is InChI=1S/C8H20O4SSi/c1-10-7(9,5-4-6-13)8(14,11-2)12-3/h9,13H,4-6H2,1-3,14H3. The Morgan fingerprint density at radius 1 is 1.21 bits per heavy atom. The molecule has 0 aromatic rings. The van der Waals surface area contributed by atoms with Crippen molar-refractivity contribution in [3.8, 4) is 0 Å². The molecule has 0 saturated carbocycles. The first-order chi connectivity index (χ1) is 6.49. The monoisotopic (exact) mass is 240 g/mol. The second kappa shape index (κ2) is 6.09. The Morgan fingerprint density at radius 2 is 1.71 bits per heavy atom. The molecule has 0 aromatic carbocycles. The van der Waals surface area contributed by atoms with Gasteiger partial charge in [0.1, 0.15) is 0 Å². The predicted molar refractivity (Wildman–Crippen MR) is 61.7 cm³/mol. The summed E-state index contributed by atoms with van der Waals surface area (Å²) in [6.07, 6.45) is 1.18. The van der Waals surface area contributed by atoms with Gasteiger partial charge in [0, 0.05) is 27.8 Å². The van der Waals surface area contributed by atoms with E-state index >= 15 is 0 Å². The van der Waals surface area contributed by atoms with Crippen LogP contribution in [-0.2, 0) is 14.2 Å². The molecular weight excluding hydrogens is 220 g/mol. The van der Waals surface area contributed by atoms with Crippen LogP contribution in [0.5, 0.6) is 0 Å². The van der Waals surface area contributed by atoms with Gasteiger partial charge in [-0.05, 0) is 12.2 Å². The average Bonchev–Trinajstić information content (AvgIpc) is 2.24. The molecule has 14 heavy (non-hydrogen) atoms. The van der Waals surface area contributed by atoms with E-state index in [1.54, 1.807) is 0 Å². The molecule has 4 nitrogen and oxygen atoms in total. The first-order valence-corrected chi connectivity index (χ1v) is 6.11. The van der Waals surface area contributed by atoms with Gasteiger partial charge in [0.05, 0.1) is 10.2 Å². The Bertz CT molecular complexity index is 165. The number of hydrogen-bond donors (Lipinski definition) is 2. The SMILES string of the molecule is COC(O)(CCCS)C([SiH3])(OC)OC. The molecule has 6 heteroatoms. The zero-order chi connectivity index (χ0) is 11.2. The van der Waals surface area contributed by atoms with Gasteiger partial charge in [-0.3, -0.25) is 0 Å². The molecular formula is C8H20O4SSi. The smallest absolute Gasteiger partial charge is 0.215 e. The van der Waals surface area contributed by atoms with Crippen molar-refractivity contribution in [2.75, 3.05) is 27.1 Å².